The van der Waals surface area contributed by atoms with Crippen LogP contribution in [0.4, 0.5) is 24.5 Å². The van der Waals surface area contributed by atoms with E-state index in [9.17, 15) is 22.8 Å². The summed E-state index contributed by atoms with van der Waals surface area (Å²) in [6.45, 7) is -0.747. The lowest BCUT2D eigenvalue weighted by molar-refractivity contribution is -0.137. The Morgan fingerprint density at radius 2 is 1.82 bits per heavy atom. The third kappa shape index (κ3) is 5.86. The highest BCUT2D eigenvalue weighted by Crippen LogP contribution is 2.36. The van der Waals surface area contributed by atoms with Crippen molar-refractivity contribution in [3.05, 3.63) is 58.6 Å². The molecule has 2 aromatic carbocycles. The van der Waals surface area contributed by atoms with Crippen LogP contribution in [0.25, 0.3) is 0 Å². The van der Waals surface area contributed by atoms with Crippen molar-refractivity contribution in [3.63, 3.8) is 0 Å². The molecule has 0 aliphatic heterocycles. The average molecular weight is 417 g/mol. The van der Waals surface area contributed by atoms with Gasteiger partial charge in [-0.1, -0.05) is 23.7 Å². The summed E-state index contributed by atoms with van der Waals surface area (Å²) in [5, 5.41) is 13.6. The summed E-state index contributed by atoms with van der Waals surface area (Å²) in [4.78, 5) is 24.1. The number of halogens is 4. The number of anilines is 2. The number of esters is 1. The molecule has 0 saturated heterocycles. The summed E-state index contributed by atoms with van der Waals surface area (Å²) in [5.74, 6) is -1.79. The maximum Gasteiger partial charge on any atom is 0.418 e. The number of carbonyl (C=O) groups excluding carboxylic acids is 2. The van der Waals surface area contributed by atoms with Crippen molar-refractivity contribution in [2.75, 3.05) is 30.4 Å². The van der Waals surface area contributed by atoms with Crippen molar-refractivity contribution < 1.29 is 32.6 Å². The molecular weight excluding hydrogens is 401 g/mol. The molecule has 0 fully saturated rings. The molecule has 0 heterocycles. The number of carbonyl (C=O) groups is 2. The van der Waals surface area contributed by atoms with Gasteiger partial charge < -0.3 is 20.5 Å². The van der Waals surface area contributed by atoms with E-state index < -0.39 is 35.9 Å². The van der Waals surface area contributed by atoms with Gasteiger partial charge in [0.15, 0.2) is 6.61 Å². The molecule has 3 N–H and O–H groups in total. The lowest BCUT2D eigenvalue weighted by atomic mass is 10.1. The fourth-order valence-corrected chi connectivity index (χ4v) is 2.43. The van der Waals surface area contributed by atoms with Gasteiger partial charge in [-0.3, -0.25) is 4.79 Å². The summed E-state index contributed by atoms with van der Waals surface area (Å²) in [5.41, 5.74) is -1.11. The zero-order valence-electron chi connectivity index (χ0n) is 14.3. The van der Waals surface area contributed by atoms with E-state index in [0.717, 1.165) is 6.07 Å². The Morgan fingerprint density at radius 3 is 2.50 bits per heavy atom. The van der Waals surface area contributed by atoms with Gasteiger partial charge in [-0.05, 0) is 30.3 Å². The van der Waals surface area contributed by atoms with Gasteiger partial charge in [0.05, 0.1) is 23.4 Å². The Hall–Kier alpha value is -2.78. The number of benzene rings is 2. The highest BCUT2D eigenvalue weighted by Gasteiger charge is 2.34. The maximum absolute atomic E-state index is 13.0. The second-order valence-electron chi connectivity index (χ2n) is 5.51. The first-order chi connectivity index (χ1) is 13.2. The zero-order valence-corrected chi connectivity index (χ0v) is 15.1. The molecule has 0 spiro atoms. The number of rotatable bonds is 7. The molecule has 0 aliphatic rings. The van der Waals surface area contributed by atoms with Gasteiger partial charge in [0.1, 0.15) is 0 Å². The van der Waals surface area contributed by atoms with E-state index in [0.29, 0.717) is 11.8 Å². The smallest absolute Gasteiger partial charge is 0.418 e. The average Bonchev–Trinajstić information content (AvgIpc) is 2.65. The van der Waals surface area contributed by atoms with Crippen LogP contribution in [-0.4, -0.2) is 36.7 Å². The van der Waals surface area contributed by atoms with Gasteiger partial charge in [0, 0.05) is 17.3 Å². The lowest BCUT2D eigenvalue weighted by Gasteiger charge is -2.14. The Kier molecular flexibility index (Phi) is 7.24. The molecule has 0 aliphatic carbocycles. The quantitative estimate of drug-likeness (QED) is 0.601. The summed E-state index contributed by atoms with van der Waals surface area (Å²) in [6, 6.07) is 9.15. The molecule has 150 valence electrons. The highest BCUT2D eigenvalue weighted by molar-refractivity contribution is 6.30. The number of ether oxygens (including phenoxy) is 1. The third-order valence-corrected chi connectivity index (χ3v) is 3.70. The first-order valence-corrected chi connectivity index (χ1v) is 8.37. The van der Waals surface area contributed by atoms with E-state index in [2.05, 4.69) is 10.6 Å². The van der Waals surface area contributed by atoms with Gasteiger partial charge in [-0.2, -0.15) is 13.2 Å². The molecule has 10 heteroatoms. The second kappa shape index (κ2) is 9.43. The first kappa shape index (κ1) is 21.5. The summed E-state index contributed by atoms with van der Waals surface area (Å²) in [6.07, 6.45) is -4.72. The molecule has 2 aromatic rings. The number of hydrogen-bond donors (Lipinski definition) is 3. The van der Waals surface area contributed by atoms with Crippen LogP contribution in [0.2, 0.25) is 5.02 Å². The molecule has 0 radical (unpaired) electrons. The minimum atomic E-state index is -4.72. The van der Waals surface area contributed by atoms with Crippen LogP contribution < -0.4 is 10.6 Å². The molecule has 28 heavy (non-hydrogen) atoms. The number of nitrogens with one attached hydrogen (secondary N) is 2. The first-order valence-electron chi connectivity index (χ1n) is 8.00. The van der Waals surface area contributed by atoms with Crippen molar-refractivity contribution in [1.29, 1.82) is 0 Å². The molecule has 0 saturated carbocycles. The number of hydrogen-bond acceptors (Lipinski definition) is 5. The number of amides is 1. The van der Waals surface area contributed by atoms with Crippen LogP contribution in [0.5, 0.6) is 0 Å². The molecule has 0 bridgehead atoms. The second-order valence-corrected chi connectivity index (χ2v) is 5.94. The Balaban J connectivity index is 2.03. The number of aliphatic hydroxyl groups excluding tert-OH is 1. The van der Waals surface area contributed by atoms with Gasteiger partial charge in [0.25, 0.3) is 5.91 Å². The van der Waals surface area contributed by atoms with Crippen molar-refractivity contribution in [1.82, 2.24) is 0 Å². The fraction of sp³-hybridized carbons (Fsp3) is 0.222. The summed E-state index contributed by atoms with van der Waals surface area (Å²) >= 11 is 5.58. The Morgan fingerprint density at radius 1 is 1.11 bits per heavy atom. The summed E-state index contributed by atoms with van der Waals surface area (Å²) < 4.78 is 44.0. The monoisotopic (exact) mass is 416 g/mol. The molecule has 6 nitrogen and oxygen atoms in total. The zero-order chi connectivity index (χ0) is 20.7. The van der Waals surface area contributed by atoms with E-state index >= 15 is 0 Å². The largest absolute Gasteiger partial charge is 0.452 e. The molecule has 0 atom stereocenters. The van der Waals surface area contributed by atoms with Crippen LogP contribution in [0.1, 0.15) is 15.9 Å². The van der Waals surface area contributed by atoms with Crippen molar-refractivity contribution in [2.45, 2.75) is 6.18 Å². The van der Waals surface area contributed by atoms with E-state index in [1.165, 1.54) is 12.1 Å². The van der Waals surface area contributed by atoms with Gasteiger partial charge >= 0.3 is 12.1 Å². The minimum absolute atomic E-state index is 0.117. The van der Waals surface area contributed by atoms with Crippen LogP contribution >= 0.6 is 11.6 Å². The van der Waals surface area contributed by atoms with E-state index in [1.54, 1.807) is 18.2 Å². The van der Waals surface area contributed by atoms with Gasteiger partial charge in [-0.15, -0.1) is 0 Å². The molecule has 1 amide bonds. The lowest BCUT2D eigenvalue weighted by Crippen LogP contribution is -2.23. The van der Waals surface area contributed by atoms with Crippen LogP contribution in [0, 0.1) is 0 Å². The van der Waals surface area contributed by atoms with E-state index in [4.69, 9.17) is 21.4 Å². The number of aliphatic hydroxyl groups is 1. The number of alkyl halides is 3. The van der Waals surface area contributed by atoms with Gasteiger partial charge in [-0.25, -0.2) is 4.79 Å². The van der Waals surface area contributed by atoms with Crippen LogP contribution in [0.3, 0.4) is 0 Å². The normalized spacial score (nSPS) is 11.0. The SMILES string of the molecule is O=C(COC(=O)c1ccccc1NCCO)Nc1ccc(Cl)cc1C(F)(F)F. The molecular formula is C18H16ClF3N2O4. The predicted molar refractivity (Wildman–Crippen MR) is 97.4 cm³/mol. The topological polar surface area (TPSA) is 87.7 Å². The molecule has 0 aromatic heterocycles. The van der Waals surface area contributed by atoms with Crippen LogP contribution in [-0.2, 0) is 15.7 Å². The predicted octanol–water partition coefficient (Wildman–Crippen LogP) is 3.56. The van der Waals surface area contributed by atoms with E-state index in [1.807, 2.05) is 0 Å². The van der Waals surface area contributed by atoms with Crippen molar-refractivity contribution in [2.24, 2.45) is 0 Å². The maximum atomic E-state index is 13.0. The summed E-state index contributed by atoms with van der Waals surface area (Å²) in [7, 11) is 0. The molecule has 0 unspecified atom stereocenters. The van der Waals surface area contributed by atoms with Crippen molar-refractivity contribution >= 4 is 34.9 Å². The van der Waals surface area contributed by atoms with Gasteiger partial charge in [0.2, 0.25) is 0 Å². The molecule has 2 rings (SSSR count). The van der Waals surface area contributed by atoms with Crippen LogP contribution in [0.15, 0.2) is 42.5 Å². The number of para-hydroxylation sites is 1. The Bertz CT molecular complexity index is 859. The van der Waals surface area contributed by atoms with Crippen molar-refractivity contribution in [3.8, 4) is 0 Å². The fourth-order valence-electron chi connectivity index (χ4n) is 2.26. The minimum Gasteiger partial charge on any atom is -0.452 e. The standard InChI is InChI=1S/C18H16ClF3N2O4/c19-11-5-6-15(13(9-11)18(20,21)22)24-16(26)10-28-17(27)12-3-1-2-4-14(12)23-7-8-25/h1-6,9,23,25H,7-8,10H2,(H,24,26). The third-order valence-electron chi connectivity index (χ3n) is 3.47. The highest BCUT2D eigenvalue weighted by atomic mass is 35.5. The van der Waals surface area contributed by atoms with E-state index in [-0.39, 0.29) is 23.7 Å². The Labute approximate surface area is 163 Å².